The summed E-state index contributed by atoms with van der Waals surface area (Å²) >= 11 is 8.62. The van der Waals surface area contributed by atoms with Crippen LogP contribution in [0.4, 0.5) is 9.52 Å². The lowest BCUT2D eigenvalue weighted by molar-refractivity contribution is -0.117. The van der Waals surface area contributed by atoms with Crippen LogP contribution in [-0.4, -0.2) is 27.0 Å². The zero-order chi connectivity index (χ0) is 26.6. The summed E-state index contributed by atoms with van der Waals surface area (Å²) in [7, 11) is 0. The summed E-state index contributed by atoms with van der Waals surface area (Å²) in [6, 6.07) is 21.4. The third kappa shape index (κ3) is 5.40. The van der Waals surface area contributed by atoms with E-state index in [1.54, 1.807) is 48.5 Å². The number of allylic oxidation sites excluding steroid dienone is 1. The summed E-state index contributed by atoms with van der Waals surface area (Å²) in [6.45, 7) is 0. The van der Waals surface area contributed by atoms with E-state index in [1.165, 1.54) is 28.8 Å². The van der Waals surface area contributed by atoms with Gasteiger partial charge in [0.05, 0.1) is 11.6 Å². The van der Waals surface area contributed by atoms with Crippen LogP contribution >= 0.6 is 34.7 Å². The topological polar surface area (TPSA) is 83.4 Å². The predicted molar refractivity (Wildman–Crippen MR) is 148 cm³/mol. The summed E-state index contributed by atoms with van der Waals surface area (Å²) in [5, 5.41) is 19.8. The summed E-state index contributed by atoms with van der Waals surface area (Å²) in [4.78, 5) is 27.9. The van der Waals surface area contributed by atoms with Gasteiger partial charge >= 0.3 is 0 Å². The zero-order valence-electron chi connectivity index (χ0n) is 19.6. The maximum atomic E-state index is 14.0. The smallest absolute Gasteiger partial charge is 0.296 e. The number of rotatable bonds is 8. The molecule has 0 radical (unpaired) electrons. The lowest BCUT2D eigenvalue weighted by Gasteiger charge is -2.23. The van der Waals surface area contributed by atoms with Crippen molar-refractivity contribution in [3.05, 3.63) is 124 Å². The van der Waals surface area contributed by atoms with Crippen molar-refractivity contribution in [3.63, 3.8) is 0 Å². The normalized spacial score (nSPS) is 15.6. The first-order valence-corrected chi connectivity index (χ1v) is 13.6. The van der Waals surface area contributed by atoms with Crippen LogP contribution in [0.3, 0.4) is 0 Å². The second-order valence-electron chi connectivity index (χ2n) is 8.23. The highest BCUT2D eigenvalue weighted by molar-refractivity contribution is 8.00. The van der Waals surface area contributed by atoms with Crippen LogP contribution in [0, 0.1) is 5.82 Å². The number of halogens is 2. The molecule has 1 aliphatic rings. The van der Waals surface area contributed by atoms with E-state index < -0.39 is 23.5 Å². The van der Waals surface area contributed by atoms with Crippen molar-refractivity contribution in [1.82, 2.24) is 10.2 Å². The van der Waals surface area contributed by atoms with Crippen molar-refractivity contribution in [1.29, 1.82) is 0 Å². The summed E-state index contributed by atoms with van der Waals surface area (Å²) in [5.41, 5.74) is 1.75. The van der Waals surface area contributed by atoms with Crippen LogP contribution < -0.4 is 4.90 Å². The van der Waals surface area contributed by atoms with Crippen molar-refractivity contribution >= 4 is 57.6 Å². The van der Waals surface area contributed by atoms with Crippen molar-refractivity contribution in [2.24, 2.45) is 0 Å². The summed E-state index contributed by atoms with van der Waals surface area (Å²) < 4.78 is 14.5. The van der Waals surface area contributed by atoms with Crippen LogP contribution in [0.5, 0.6) is 0 Å². The molecule has 0 aliphatic carbocycles. The molecule has 0 fully saturated rings. The van der Waals surface area contributed by atoms with Gasteiger partial charge in [-0.2, -0.15) is 0 Å². The van der Waals surface area contributed by atoms with Gasteiger partial charge in [-0.05, 0) is 41.0 Å². The molecular formula is C28H19ClFN3O3S2. The number of thioether (sulfide) groups is 1. The highest BCUT2D eigenvalue weighted by atomic mass is 35.5. The van der Waals surface area contributed by atoms with Gasteiger partial charge in [-0.3, -0.25) is 14.5 Å². The van der Waals surface area contributed by atoms with Gasteiger partial charge in [-0.25, -0.2) is 4.39 Å². The number of benzene rings is 3. The number of aromatic nitrogens is 2. The third-order valence-corrected chi connectivity index (χ3v) is 8.12. The minimum atomic E-state index is -0.966. The van der Waals surface area contributed by atoms with Crippen molar-refractivity contribution in [2.45, 2.75) is 16.1 Å². The van der Waals surface area contributed by atoms with Crippen LogP contribution in [0.2, 0.25) is 5.02 Å². The van der Waals surface area contributed by atoms with E-state index in [0.29, 0.717) is 26.2 Å². The van der Waals surface area contributed by atoms with Gasteiger partial charge in [-0.1, -0.05) is 101 Å². The number of aliphatic hydroxyl groups is 1. The number of ketones is 1. The highest BCUT2D eigenvalue weighted by Gasteiger charge is 2.45. The molecular weight excluding hydrogens is 545 g/mol. The number of hydrogen-bond donors (Lipinski definition) is 1. The zero-order valence-corrected chi connectivity index (χ0v) is 22.0. The van der Waals surface area contributed by atoms with Crippen LogP contribution in [0.25, 0.3) is 6.08 Å². The van der Waals surface area contributed by atoms with E-state index in [0.717, 1.165) is 16.9 Å². The quantitative estimate of drug-likeness (QED) is 0.144. The van der Waals surface area contributed by atoms with E-state index in [1.807, 2.05) is 30.3 Å². The minimum Gasteiger partial charge on any atom is -0.503 e. The lowest BCUT2D eigenvalue weighted by Crippen LogP contribution is -2.30. The molecule has 38 heavy (non-hydrogen) atoms. The Hall–Kier alpha value is -3.79. The summed E-state index contributed by atoms with van der Waals surface area (Å²) in [5.74, 6) is -1.95. The van der Waals surface area contributed by atoms with E-state index in [-0.39, 0.29) is 16.5 Å². The van der Waals surface area contributed by atoms with Gasteiger partial charge in [0.15, 0.2) is 15.9 Å². The average molecular weight is 564 g/mol. The Morgan fingerprint density at radius 2 is 1.84 bits per heavy atom. The first-order valence-electron chi connectivity index (χ1n) is 11.4. The maximum absolute atomic E-state index is 14.0. The molecule has 0 bridgehead atoms. The van der Waals surface area contributed by atoms with Gasteiger partial charge in [0, 0.05) is 10.8 Å². The van der Waals surface area contributed by atoms with Gasteiger partial charge in [0.1, 0.15) is 5.82 Å². The molecule has 1 atom stereocenters. The lowest BCUT2D eigenvalue weighted by atomic mass is 9.96. The number of amides is 1. The molecule has 1 aromatic heterocycles. The number of carbonyl (C=O) groups is 2. The fraction of sp³-hybridized carbons (Fsp3) is 0.0714. The maximum Gasteiger partial charge on any atom is 0.296 e. The largest absolute Gasteiger partial charge is 0.503 e. The number of aliphatic hydroxyl groups excluding tert-OH is 1. The standard InChI is InChI=1S/C28H19ClFN3O3S2/c29-20-11-6-10-18(15-20)24-23(22(34)14-13-17-7-2-1-3-8-17)25(35)26(36)33(24)27-31-32-28(38-27)37-16-19-9-4-5-12-21(19)30/h1-15,24,35H,16H2. The van der Waals surface area contributed by atoms with Crippen molar-refractivity contribution < 1.29 is 19.1 Å². The fourth-order valence-corrected chi connectivity index (χ4v) is 6.04. The molecule has 2 heterocycles. The molecule has 0 saturated carbocycles. The Bertz CT molecular complexity index is 1570. The fourth-order valence-electron chi connectivity index (χ4n) is 3.99. The Morgan fingerprint density at radius 3 is 2.61 bits per heavy atom. The van der Waals surface area contributed by atoms with Gasteiger partial charge in [0.25, 0.3) is 5.91 Å². The summed E-state index contributed by atoms with van der Waals surface area (Å²) in [6.07, 6.45) is 2.94. The number of hydrogen-bond acceptors (Lipinski definition) is 7. The molecule has 3 aromatic carbocycles. The Labute approximate surface area is 231 Å². The molecule has 190 valence electrons. The van der Waals surface area contributed by atoms with Gasteiger partial charge in [-0.15, -0.1) is 10.2 Å². The van der Waals surface area contributed by atoms with E-state index in [4.69, 9.17) is 11.6 Å². The number of carbonyl (C=O) groups excluding carboxylic acids is 2. The first kappa shape index (κ1) is 25.8. The van der Waals surface area contributed by atoms with Crippen LogP contribution in [0.15, 0.2) is 101 Å². The minimum absolute atomic E-state index is 0.0831. The number of nitrogens with zero attached hydrogens (tertiary/aromatic N) is 3. The van der Waals surface area contributed by atoms with Crippen molar-refractivity contribution in [2.75, 3.05) is 4.90 Å². The SMILES string of the molecule is O=C(C=Cc1ccccc1)C1=C(O)C(=O)N(c2nnc(SCc3ccccc3F)s2)C1c1cccc(Cl)c1. The first-order chi connectivity index (χ1) is 18.4. The second kappa shape index (κ2) is 11.3. The third-order valence-electron chi connectivity index (χ3n) is 5.78. The van der Waals surface area contributed by atoms with Gasteiger partial charge < -0.3 is 5.11 Å². The average Bonchev–Trinajstić information content (AvgIpc) is 3.49. The molecule has 0 spiro atoms. The molecule has 1 unspecified atom stereocenters. The molecule has 1 N–H and O–H groups in total. The monoisotopic (exact) mass is 563 g/mol. The molecule has 6 nitrogen and oxygen atoms in total. The van der Waals surface area contributed by atoms with E-state index >= 15 is 0 Å². The second-order valence-corrected chi connectivity index (χ2v) is 10.8. The molecule has 4 aromatic rings. The van der Waals surface area contributed by atoms with Crippen molar-refractivity contribution in [3.8, 4) is 0 Å². The highest BCUT2D eigenvalue weighted by Crippen LogP contribution is 2.43. The molecule has 0 saturated heterocycles. The van der Waals surface area contributed by atoms with E-state index in [2.05, 4.69) is 10.2 Å². The Balaban J connectivity index is 1.47. The molecule has 5 rings (SSSR count). The Morgan fingerprint density at radius 1 is 1.08 bits per heavy atom. The van der Waals surface area contributed by atoms with Crippen LogP contribution in [-0.2, 0) is 15.3 Å². The predicted octanol–water partition coefficient (Wildman–Crippen LogP) is 6.81. The van der Waals surface area contributed by atoms with Crippen LogP contribution in [0.1, 0.15) is 22.7 Å². The van der Waals surface area contributed by atoms with E-state index in [9.17, 15) is 19.1 Å². The van der Waals surface area contributed by atoms with Gasteiger partial charge in [0.2, 0.25) is 5.13 Å². The Kier molecular flexibility index (Phi) is 7.69. The molecule has 1 amide bonds. The molecule has 10 heteroatoms. The number of anilines is 1. The molecule has 1 aliphatic heterocycles.